The smallest absolute Gasteiger partial charge is 0.251 e. The summed E-state index contributed by atoms with van der Waals surface area (Å²) in [5.41, 5.74) is 8.96. The van der Waals surface area contributed by atoms with Gasteiger partial charge in [0.2, 0.25) is 0 Å². The Kier molecular flexibility index (Phi) is 5.45. The summed E-state index contributed by atoms with van der Waals surface area (Å²) in [5.74, 6) is -0.0933. The van der Waals surface area contributed by atoms with Gasteiger partial charge in [-0.05, 0) is 31.0 Å². The van der Waals surface area contributed by atoms with Gasteiger partial charge in [0, 0.05) is 18.3 Å². The van der Waals surface area contributed by atoms with E-state index in [0.717, 1.165) is 11.1 Å². The first-order valence-corrected chi connectivity index (χ1v) is 5.15. The number of hydrogen-bond donors (Lipinski definition) is 2. The molecule has 1 rings (SSSR count). The molecule has 84 valence electrons. The van der Waals surface area contributed by atoms with E-state index in [2.05, 4.69) is 5.32 Å². The maximum Gasteiger partial charge on any atom is 0.251 e. The van der Waals surface area contributed by atoms with Crippen molar-refractivity contribution in [3.8, 4) is 0 Å². The lowest BCUT2D eigenvalue weighted by Gasteiger charge is -2.07. The molecule has 1 aromatic carbocycles. The van der Waals surface area contributed by atoms with Gasteiger partial charge in [-0.3, -0.25) is 4.79 Å². The Morgan fingerprint density at radius 3 is 2.20 bits per heavy atom. The van der Waals surface area contributed by atoms with E-state index in [-0.39, 0.29) is 5.91 Å². The summed E-state index contributed by atoms with van der Waals surface area (Å²) >= 11 is 0. The Bertz CT molecular complexity index is 346. The van der Waals surface area contributed by atoms with Gasteiger partial charge in [-0.15, -0.1) is 0 Å². The number of anilines is 1. The van der Waals surface area contributed by atoms with E-state index in [0.29, 0.717) is 11.3 Å². The summed E-state index contributed by atoms with van der Waals surface area (Å²) in [5, 5.41) is 2.57. The number of benzene rings is 1. The summed E-state index contributed by atoms with van der Waals surface area (Å²) < 4.78 is 0. The van der Waals surface area contributed by atoms with Crippen LogP contribution in [0, 0.1) is 13.8 Å². The molecule has 0 bridgehead atoms. The predicted octanol–water partition coefficient (Wildman–Crippen LogP) is 2.27. The summed E-state index contributed by atoms with van der Waals surface area (Å²) in [6.45, 7) is 7.83. The molecule has 0 fully saturated rings. The monoisotopic (exact) mass is 208 g/mol. The quantitative estimate of drug-likeness (QED) is 0.696. The van der Waals surface area contributed by atoms with Crippen LogP contribution < -0.4 is 11.1 Å². The molecular formula is C12H20N2O. The van der Waals surface area contributed by atoms with Crippen molar-refractivity contribution in [2.75, 3.05) is 12.8 Å². The van der Waals surface area contributed by atoms with Crippen molar-refractivity contribution < 1.29 is 4.79 Å². The Morgan fingerprint density at radius 2 is 1.73 bits per heavy atom. The fourth-order valence-corrected chi connectivity index (χ4v) is 1.25. The molecule has 15 heavy (non-hydrogen) atoms. The Hall–Kier alpha value is -1.51. The van der Waals surface area contributed by atoms with E-state index in [1.165, 1.54) is 0 Å². The Labute approximate surface area is 91.7 Å². The maximum atomic E-state index is 11.3. The van der Waals surface area contributed by atoms with Crippen LogP contribution in [0.25, 0.3) is 0 Å². The summed E-state index contributed by atoms with van der Waals surface area (Å²) in [7, 11) is 1.61. The van der Waals surface area contributed by atoms with Crippen molar-refractivity contribution in [1.29, 1.82) is 0 Å². The zero-order chi connectivity index (χ0) is 12.0. The molecule has 0 saturated carbocycles. The van der Waals surface area contributed by atoms with Gasteiger partial charge in [0.15, 0.2) is 0 Å². The van der Waals surface area contributed by atoms with E-state index in [4.69, 9.17) is 5.73 Å². The molecular weight excluding hydrogens is 188 g/mol. The van der Waals surface area contributed by atoms with Crippen LogP contribution in [-0.4, -0.2) is 13.0 Å². The molecule has 3 N–H and O–H groups in total. The number of hydrogen-bond acceptors (Lipinski definition) is 2. The second kappa shape index (κ2) is 6.06. The molecule has 0 aliphatic rings. The standard InChI is InChI=1S/C10H14N2O.C2H6/c1-6-4-7(2)9(11)5-8(6)10(13)12-3;1-2/h4-5H,11H2,1-3H3,(H,12,13);1-2H3. The van der Waals surface area contributed by atoms with Crippen molar-refractivity contribution in [3.63, 3.8) is 0 Å². The van der Waals surface area contributed by atoms with Gasteiger partial charge in [0.25, 0.3) is 5.91 Å². The number of nitrogens with two attached hydrogens (primary N) is 1. The van der Waals surface area contributed by atoms with E-state index in [1.807, 2.05) is 33.8 Å². The Balaban J connectivity index is 0.000000921. The molecule has 0 radical (unpaired) electrons. The fraction of sp³-hybridized carbons (Fsp3) is 0.417. The van der Waals surface area contributed by atoms with Crippen LogP contribution in [0.5, 0.6) is 0 Å². The van der Waals surface area contributed by atoms with Gasteiger partial charge in [0.1, 0.15) is 0 Å². The molecule has 0 saturated heterocycles. The minimum atomic E-state index is -0.0933. The average Bonchev–Trinajstić information content (AvgIpc) is 2.25. The van der Waals surface area contributed by atoms with Crippen molar-refractivity contribution in [3.05, 3.63) is 28.8 Å². The molecule has 1 amide bonds. The molecule has 0 aliphatic heterocycles. The van der Waals surface area contributed by atoms with Gasteiger partial charge in [-0.2, -0.15) is 0 Å². The first-order chi connectivity index (χ1) is 7.06. The highest BCUT2D eigenvalue weighted by atomic mass is 16.1. The predicted molar refractivity (Wildman–Crippen MR) is 65.1 cm³/mol. The van der Waals surface area contributed by atoms with E-state index < -0.39 is 0 Å². The van der Waals surface area contributed by atoms with Crippen LogP contribution in [0.3, 0.4) is 0 Å². The second-order valence-electron chi connectivity index (χ2n) is 3.10. The third-order valence-electron chi connectivity index (χ3n) is 2.08. The lowest BCUT2D eigenvalue weighted by atomic mass is 10.0. The van der Waals surface area contributed by atoms with Crippen molar-refractivity contribution in [2.24, 2.45) is 0 Å². The number of amides is 1. The lowest BCUT2D eigenvalue weighted by Crippen LogP contribution is -2.19. The van der Waals surface area contributed by atoms with Gasteiger partial charge in [-0.25, -0.2) is 0 Å². The summed E-state index contributed by atoms with van der Waals surface area (Å²) in [6.07, 6.45) is 0. The molecule has 3 nitrogen and oxygen atoms in total. The zero-order valence-electron chi connectivity index (χ0n) is 10.1. The molecule has 0 atom stereocenters. The molecule has 1 aromatic rings. The van der Waals surface area contributed by atoms with Crippen LogP contribution in [0.1, 0.15) is 35.3 Å². The SMILES string of the molecule is CC.CNC(=O)c1cc(N)c(C)cc1C. The topological polar surface area (TPSA) is 55.1 Å². The van der Waals surface area contributed by atoms with Crippen LogP contribution >= 0.6 is 0 Å². The van der Waals surface area contributed by atoms with Crippen molar-refractivity contribution in [1.82, 2.24) is 5.32 Å². The van der Waals surface area contributed by atoms with Crippen molar-refractivity contribution in [2.45, 2.75) is 27.7 Å². The zero-order valence-corrected chi connectivity index (χ0v) is 10.1. The van der Waals surface area contributed by atoms with Crippen molar-refractivity contribution >= 4 is 11.6 Å². The summed E-state index contributed by atoms with van der Waals surface area (Å²) in [6, 6.07) is 3.63. The number of carbonyl (C=O) groups is 1. The molecule has 3 heteroatoms. The highest BCUT2D eigenvalue weighted by Gasteiger charge is 2.08. The summed E-state index contributed by atoms with van der Waals surface area (Å²) in [4.78, 5) is 11.3. The minimum absolute atomic E-state index is 0.0933. The third-order valence-corrected chi connectivity index (χ3v) is 2.08. The fourth-order valence-electron chi connectivity index (χ4n) is 1.25. The van der Waals surface area contributed by atoms with Gasteiger partial charge >= 0.3 is 0 Å². The maximum absolute atomic E-state index is 11.3. The number of nitrogens with one attached hydrogen (secondary N) is 1. The second-order valence-corrected chi connectivity index (χ2v) is 3.10. The highest BCUT2D eigenvalue weighted by Crippen LogP contribution is 2.17. The third kappa shape index (κ3) is 3.27. The highest BCUT2D eigenvalue weighted by molar-refractivity contribution is 5.96. The average molecular weight is 208 g/mol. The largest absolute Gasteiger partial charge is 0.398 e. The number of rotatable bonds is 1. The van der Waals surface area contributed by atoms with E-state index >= 15 is 0 Å². The molecule has 0 aromatic heterocycles. The Morgan fingerprint density at radius 1 is 1.20 bits per heavy atom. The molecule has 0 spiro atoms. The normalized spacial score (nSPS) is 8.87. The minimum Gasteiger partial charge on any atom is -0.398 e. The molecule has 0 aliphatic carbocycles. The first-order valence-electron chi connectivity index (χ1n) is 5.15. The van der Waals surface area contributed by atoms with Crippen LogP contribution in [0.15, 0.2) is 12.1 Å². The van der Waals surface area contributed by atoms with Gasteiger partial charge in [-0.1, -0.05) is 19.9 Å². The molecule has 0 unspecified atom stereocenters. The van der Waals surface area contributed by atoms with Crippen LogP contribution in [0.4, 0.5) is 5.69 Å². The van der Waals surface area contributed by atoms with Gasteiger partial charge in [0.05, 0.1) is 0 Å². The molecule has 0 heterocycles. The lowest BCUT2D eigenvalue weighted by molar-refractivity contribution is 0.0962. The van der Waals surface area contributed by atoms with E-state index in [9.17, 15) is 4.79 Å². The number of aryl methyl sites for hydroxylation is 2. The van der Waals surface area contributed by atoms with Gasteiger partial charge < -0.3 is 11.1 Å². The number of carbonyl (C=O) groups excluding carboxylic acids is 1. The van der Waals surface area contributed by atoms with E-state index in [1.54, 1.807) is 13.1 Å². The van der Waals surface area contributed by atoms with Crippen LogP contribution in [0.2, 0.25) is 0 Å². The number of nitrogen functional groups attached to an aromatic ring is 1. The first kappa shape index (κ1) is 13.5. The van der Waals surface area contributed by atoms with Crippen LogP contribution in [-0.2, 0) is 0 Å².